The van der Waals surface area contributed by atoms with Crippen LogP contribution in [0, 0.1) is 34.5 Å². The Bertz CT molecular complexity index is 657. The molecule has 0 aliphatic heterocycles. The van der Waals surface area contributed by atoms with E-state index in [2.05, 4.69) is 6.92 Å². The van der Waals surface area contributed by atoms with Crippen molar-refractivity contribution >= 4 is 23.3 Å². The van der Waals surface area contributed by atoms with Gasteiger partial charge in [-0.2, -0.15) is 0 Å². The monoisotopic (exact) mass is 346 g/mol. The van der Waals surface area contributed by atoms with Crippen LogP contribution in [0.4, 0.5) is 0 Å². The predicted molar refractivity (Wildman–Crippen MR) is 88.5 cm³/mol. The fourth-order valence-electron chi connectivity index (χ4n) is 6.81. The van der Waals surface area contributed by atoms with Crippen LogP contribution < -0.4 is 0 Å². The van der Waals surface area contributed by atoms with Crippen LogP contribution in [0.2, 0.25) is 0 Å². The molecule has 0 unspecified atom stereocenters. The highest BCUT2D eigenvalue weighted by Crippen LogP contribution is 2.64. The van der Waals surface area contributed by atoms with Crippen LogP contribution >= 0.6 is 0 Å². The average Bonchev–Trinajstić information content (AvgIpc) is 2.88. The van der Waals surface area contributed by atoms with E-state index in [1.54, 1.807) is 0 Å². The first-order valence-electron chi connectivity index (χ1n) is 9.50. The lowest BCUT2D eigenvalue weighted by Crippen LogP contribution is -2.63. The molecular weight excluding hydrogens is 320 g/mol. The summed E-state index contributed by atoms with van der Waals surface area (Å²) in [5, 5.41) is 0. The summed E-state index contributed by atoms with van der Waals surface area (Å²) in [5.74, 6) is -0.992. The summed E-state index contributed by atoms with van der Waals surface area (Å²) in [6, 6.07) is 0. The van der Waals surface area contributed by atoms with Crippen molar-refractivity contribution in [2.24, 2.45) is 34.5 Å². The van der Waals surface area contributed by atoms with Gasteiger partial charge in [0.25, 0.3) is 0 Å². The Morgan fingerprint density at radius 1 is 1.12 bits per heavy atom. The number of hydrogen-bond donors (Lipinski definition) is 0. The zero-order valence-corrected chi connectivity index (χ0v) is 15.0. The lowest BCUT2D eigenvalue weighted by molar-refractivity contribution is -0.185. The van der Waals surface area contributed by atoms with Crippen LogP contribution in [-0.2, 0) is 23.9 Å². The minimum absolute atomic E-state index is 0.0246. The van der Waals surface area contributed by atoms with Gasteiger partial charge in [0.15, 0.2) is 5.78 Å². The van der Waals surface area contributed by atoms with Gasteiger partial charge >= 0.3 is 5.97 Å². The normalized spacial score (nSPS) is 46.2. The Morgan fingerprint density at radius 3 is 2.60 bits per heavy atom. The molecule has 5 heteroatoms. The molecule has 6 atom stereocenters. The molecule has 0 amide bonds. The molecule has 4 aliphatic carbocycles. The van der Waals surface area contributed by atoms with E-state index in [0.717, 1.165) is 19.3 Å². The molecule has 0 saturated heterocycles. The second-order valence-electron chi connectivity index (χ2n) is 8.89. The quantitative estimate of drug-likeness (QED) is 0.538. The molecule has 0 N–H and O–H groups in total. The van der Waals surface area contributed by atoms with Gasteiger partial charge in [0.1, 0.15) is 17.0 Å². The number of fused-ring (bicyclic) bond motifs is 5. The fraction of sp³-hybridized carbons (Fsp3) is 0.800. The van der Waals surface area contributed by atoms with E-state index < -0.39 is 11.4 Å². The van der Waals surface area contributed by atoms with Crippen LogP contribution in [-0.4, -0.2) is 30.4 Å². The molecule has 4 saturated carbocycles. The van der Waals surface area contributed by atoms with Crippen molar-refractivity contribution in [1.29, 1.82) is 0 Å². The van der Waals surface area contributed by atoms with Gasteiger partial charge in [-0.15, -0.1) is 0 Å². The van der Waals surface area contributed by atoms with Gasteiger partial charge in [-0.05, 0) is 48.9 Å². The number of ketones is 3. The molecule has 5 nitrogen and oxygen atoms in total. The van der Waals surface area contributed by atoms with E-state index in [-0.39, 0.29) is 52.9 Å². The molecule has 4 fully saturated rings. The lowest BCUT2D eigenvalue weighted by atomic mass is 9.44. The van der Waals surface area contributed by atoms with Crippen LogP contribution in [0.5, 0.6) is 0 Å². The maximum Gasteiger partial charge on any atom is 0.319 e. The van der Waals surface area contributed by atoms with Crippen molar-refractivity contribution in [2.45, 2.75) is 58.3 Å². The first-order valence-corrected chi connectivity index (χ1v) is 9.50. The first-order chi connectivity index (χ1) is 11.8. The predicted octanol–water partition coefficient (Wildman–Crippen LogP) is 2.50. The highest BCUT2D eigenvalue weighted by atomic mass is 16.5. The highest BCUT2D eigenvalue weighted by molar-refractivity contribution is 6.07. The topological polar surface area (TPSA) is 77.5 Å². The first kappa shape index (κ1) is 16.9. The number of Topliss-reactive ketones (excluding diaryl/α,β-unsaturated/α-hetero) is 3. The number of hydrogen-bond acceptors (Lipinski definition) is 5. The molecule has 0 heterocycles. The van der Waals surface area contributed by atoms with Crippen LogP contribution in [0.15, 0.2) is 0 Å². The number of ether oxygens (including phenoxy) is 1. The number of carbonyl (C=O) groups is 4. The summed E-state index contributed by atoms with van der Waals surface area (Å²) in [6.07, 6.45) is 4.55. The molecule has 0 aromatic heterocycles. The van der Waals surface area contributed by atoms with E-state index in [1.165, 1.54) is 7.11 Å². The van der Waals surface area contributed by atoms with Crippen LogP contribution in [0.25, 0.3) is 0 Å². The van der Waals surface area contributed by atoms with E-state index in [4.69, 9.17) is 4.74 Å². The fourth-order valence-corrected chi connectivity index (χ4v) is 6.81. The highest BCUT2D eigenvalue weighted by Gasteiger charge is 2.68. The van der Waals surface area contributed by atoms with Gasteiger partial charge in [0.05, 0.1) is 7.11 Å². The van der Waals surface area contributed by atoms with E-state index >= 15 is 0 Å². The van der Waals surface area contributed by atoms with Gasteiger partial charge in [0.2, 0.25) is 0 Å². The maximum atomic E-state index is 13.1. The van der Waals surface area contributed by atoms with Gasteiger partial charge < -0.3 is 4.74 Å². The van der Waals surface area contributed by atoms with Crippen molar-refractivity contribution in [3.05, 3.63) is 0 Å². The number of carbonyl (C=O) groups excluding carboxylic acids is 4. The van der Waals surface area contributed by atoms with Crippen molar-refractivity contribution in [1.82, 2.24) is 0 Å². The summed E-state index contributed by atoms with van der Waals surface area (Å²) >= 11 is 0. The van der Waals surface area contributed by atoms with Crippen molar-refractivity contribution in [3.8, 4) is 0 Å². The largest absolute Gasteiger partial charge is 0.468 e. The van der Waals surface area contributed by atoms with Crippen molar-refractivity contribution < 1.29 is 23.9 Å². The second kappa shape index (κ2) is 5.49. The van der Waals surface area contributed by atoms with E-state index in [0.29, 0.717) is 25.7 Å². The SMILES string of the molecule is COC(=O)[C@]12C(=O)CCC[C@H]1CC(=O)[C@@H]1[C@H]3CC(=O)C[C@@]3(C)CC[C@@H]12. The van der Waals surface area contributed by atoms with Gasteiger partial charge in [-0.1, -0.05) is 6.92 Å². The standard InChI is InChI=1S/C20H26O5/c1-19-7-6-13-17(14(19)9-12(21)10-19)15(22)8-11-4-3-5-16(23)20(11,13)18(24)25-2/h11,13-14,17H,3-10H2,1-2H3/t11-,13-,14+,17-,19+,20+/m0/s1. The molecule has 0 aromatic rings. The van der Waals surface area contributed by atoms with Gasteiger partial charge in [-0.3, -0.25) is 19.2 Å². The van der Waals surface area contributed by atoms with E-state index in [9.17, 15) is 19.2 Å². The zero-order valence-electron chi connectivity index (χ0n) is 15.0. The Kier molecular flexibility index (Phi) is 3.71. The molecule has 0 radical (unpaired) electrons. The van der Waals surface area contributed by atoms with E-state index in [1.807, 2.05) is 0 Å². The van der Waals surface area contributed by atoms with Gasteiger partial charge in [-0.25, -0.2) is 0 Å². The Balaban J connectivity index is 1.83. The minimum atomic E-state index is -1.15. The summed E-state index contributed by atoms with van der Waals surface area (Å²) in [6.45, 7) is 2.10. The number of methoxy groups -OCH3 is 1. The summed E-state index contributed by atoms with van der Waals surface area (Å²) < 4.78 is 5.12. The Morgan fingerprint density at radius 2 is 1.88 bits per heavy atom. The smallest absolute Gasteiger partial charge is 0.319 e. The maximum absolute atomic E-state index is 13.1. The third-order valence-electron chi connectivity index (χ3n) is 7.83. The molecule has 136 valence electrons. The van der Waals surface area contributed by atoms with Crippen molar-refractivity contribution in [3.63, 3.8) is 0 Å². The summed E-state index contributed by atoms with van der Waals surface area (Å²) in [5.41, 5.74) is -1.31. The number of rotatable bonds is 1. The van der Waals surface area contributed by atoms with Crippen LogP contribution in [0.3, 0.4) is 0 Å². The average molecular weight is 346 g/mol. The molecular formula is C20H26O5. The zero-order chi connectivity index (χ0) is 18.0. The molecule has 25 heavy (non-hydrogen) atoms. The molecule has 0 bridgehead atoms. The molecule has 0 spiro atoms. The van der Waals surface area contributed by atoms with Crippen molar-refractivity contribution in [2.75, 3.05) is 7.11 Å². The molecule has 0 aromatic carbocycles. The third kappa shape index (κ3) is 2.07. The summed E-state index contributed by atoms with van der Waals surface area (Å²) in [7, 11) is 1.34. The molecule has 4 aliphatic rings. The van der Waals surface area contributed by atoms with Crippen LogP contribution in [0.1, 0.15) is 58.3 Å². The second-order valence-corrected chi connectivity index (χ2v) is 8.89. The number of esters is 1. The third-order valence-corrected chi connectivity index (χ3v) is 7.83. The molecule has 4 rings (SSSR count). The summed E-state index contributed by atoms with van der Waals surface area (Å²) in [4.78, 5) is 51.2. The van der Waals surface area contributed by atoms with Gasteiger partial charge in [0, 0.05) is 31.6 Å². The Hall–Kier alpha value is -1.52. The lowest BCUT2D eigenvalue weighted by Gasteiger charge is -2.57. The Labute approximate surface area is 147 Å². The minimum Gasteiger partial charge on any atom is -0.468 e.